The quantitative estimate of drug-likeness (QED) is 0.412. The fraction of sp³-hybridized carbons (Fsp3) is 0.500. The average molecular weight is 607 g/mol. The molecule has 0 unspecified atom stereocenters. The summed E-state index contributed by atoms with van der Waals surface area (Å²) in [7, 11) is 0. The summed E-state index contributed by atoms with van der Waals surface area (Å²) in [6, 6.07) is 12.9. The second-order valence-corrected chi connectivity index (χ2v) is 10.2. The predicted molar refractivity (Wildman–Crippen MR) is 138 cm³/mol. The third kappa shape index (κ3) is 8.13. The van der Waals surface area contributed by atoms with E-state index in [1.165, 1.54) is 24.0 Å². The lowest BCUT2D eigenvalue weighted by Crippen LogP contribution is -2.49. The Morgan fingerprint density at radius 1 is 0.905 bits per heavy atom. The summed E-state index contributed by atoms with van der Waals surface area (Å²) in [6.07, 6.45) is 0.0660. The fourth-order valence-corrected chi connectivity index (χ4v) is 5.66. The van der Waals surface area contributed by atoms with Crippen LogP contribution in [0.5, 0.6) is 0 Å². The van der Waals surface area contributed by atoms with Crippen LogP contribution in [0.25, 0.3) is 6.08 Å². The van der Waals surface area contributed by atoms with E-state index in [0.29, 0.717) is 0 Å². The van der Waals surface area contributed by atoms with Crippen molar-refractivity contribution in [1.29, 1.82) is 0 Å². The van der Waals surface area contributed by atoms with Crippen molar-refractivity contribution in [3.05, 3.63) is 65.6 Å². The maximum atomic E-state index is 11.5. The fourth-order valence-electron chi connectivity index (χ4n) is 5.66. The summed E-state index contributed by atoms with van der Waals surface area (Å²) in [5, 5.41) is 25.8. The summed E-state index contributed by atoms with van der Waals surface area (Å²) in [6.45, 7) is 5.23. The number of halogens is 6. The molecule has 0 saturated carbocycles. The molecule has 2 atom stereocenters. The van der Waals surface area contributed by atoms with Crippen molar-refractivity contribution < 1.29 is 55.7 Å². The van der Waals surface area contributed by atoms with Gasteiger partial charge in [0.25, 0.3) is 0 Å². The molecule has 8 nitrogen and oxygen atoms in total. The first-order chi connectivity index (χ1) is 19.7. The highest BCUT2D eigenvalue weighted by molar-refractivity contribution is 5.73. The molecule has 2 aromatic rings. The van der Waals surface area contributed by atoms with Gasteiger partial charge in [-0.05, 0) is 81.2 Å². The van der Waals surface area contributed by atoms with Crippen LogP contribution in [0.15, 0.2) is 53.2 Å². The highest BCUT2D eigenvalue weighted by Gasteiger charge is 2.54. The normalized spacial score (nSPS) is 22.3. The minimum absolute atomic E-state index is 0.0783. The number of likely N-dealkylation sites (tertiary alicyclic amines) is 2. The van der Waals surface area contributed by atoms with Gasteiger partial charge in [0, 0.05) is 12.0 Å². The summed E-state index contributed by atoms with van der Waals surface area (Å²) in [4.78, 5) is 22.8. The van der Waals surface area contributed by atoms with Crippen molar-refractivity contribution in [3.8, 4) is 0 Å². The molecule has 1 aliphatic carbocycles. The maximum Gasteiger partial charge on any atom is 0.490 e. The highest BCUT2D eigenvalue weighted by atomic mass is 19.4. The molecule has 42 heavy (non-hydrogen) atoms. The number of nitrogens with zero attached hydrogens (tertiary/aromatic N) is 2. The Labute approximate surface area is 237 Å². The Morgan fingerprint density at radius 2 is 1.45 bits per heavy atom. The Morgan fingerprint density at radius 3 is 1.95 bits per heavy atom. The molecule has 0 bridgehead atoms. The lowest BCUT2D eigenvalue weighted by Gasteiger charge is -2.43. The van der Waals surface area contributed by atoms with Crippen LogP contribution >= 0.6 is 0 Å². The number of carboxylic acid groups (broad SMARTS) is 2. The number of aliphatic hydroxyl groups is 1. The minimum atomic E-state index is -5.08. The van der Waals surface area contributed by atoms with Gasteiger partial charge in [0.05, 0.1) is 18.4 Å². The SMILES string of the molecule is O=C(O)C(F)(F)F.O=C(O)C(F)(F)F.O[C@H]1[C@H](N2CCCC2)c2ccccc2C12CCN(CC=Cc1ccco1)CC2. The maximum absolute atomic E-state index is 11.5. The first kappa shape index (κ1) is 33.1. The molecule has 2 fully saturated rings. The molecule has 1 aromatic heterocycles. The van der Waals surface area contributed by atoms with E-state index in [9.17, 15) is 31.4 Å². The van der Waals surface area contributed by atoms with E-state index in [4.69, 9.17) is 24.2 Å². The topological polar surface area (TPSA) is 114 Å². The van der Waals surface area contributed by atoms with E-state index in [1.54, 1.807) is 6.26 Å². The first-order valence-electron chi connectivity index (χ1n) is 13.2. The summed E-state index contributed by atoms with van der Waals surface area (Å²) < 4.78 is 68.8. The zero-order valence-corrected chi connectivity index (χ0v) is 22.4. The molecule has 2 aliphatic heterocycles. The number of fused-ring (bicyclic) bond motifs is 2. The molecule has 3 heterocycles. The number of piperidine rings is 1. The van der Waals surface area contributed by atoms with Gasteiger partial charge in [-0.2, -0.15) is 26.3 Å². The molecule has 3 N–H and O–H groups in total. The van der Waals surface area contributed by atoms with Crippen LogP contribution in [-0.4, -0.2) is 88.2 Å². The van der Waals surface area contributed by atoms with Crippen LogP contribution in [0, 0.1) is 0 Å². The molecule has 0 amide bonds. The number of alkyl halides is 6. The van der Waals surface area contributed by atoms with E-state index in [1.807, 2.05) is 18.2 Å². The van der Waals surface area contributed by atoms with Gasteiger partial charge in [-0.15, -0.1) is 0 Å². The molecule has 232 valence electrons. The zero-order valence-electron chi connectivity index (χ0n) is 22.4. The molecule has 1 spiro atoms. The van der Waals surface area contributed by atoms with Crippen molar-refractivity contribution in [2.45, 2.75) is 55.6 Å². The molecule has 14 heteroatoms. The van der Waals surface area contributed by atoms with Gasteiger partial charge >= 0.3 is 24.3 Å². The van der Waals surface area contributed by atoms with Crippen LogP contribution in [-0.2, 0) is 15.0 Å². The van der Waals surface area contributed by atoms with Gasteiger partial charge < -0.3 is 19.7 Å². The minimum Gasteiger partial charge on any atom is -0.475 e. The number of aliphatic carboxylic acids is 2. The molecule has 1 aromatic carbocycles. The molecule has 0 radical (unpaired) electrons. The summed E-state index contributed by atoms with van der Waals surface area (Å²) in [5.41, 5.74) is 2.71. The number of aliphatic hydroxyl groups excluding tert-OH is 1. The van der Waals surface area contributed by atoms with Crippen LogP contribution in [0.4, 0.5) is 26.3 Å². The number of carboxylic acids is 2. The molecule has 2 saturated heterocycles. The number of furan rings is 1. The Balaban J connectivity index is 0.000000289. The van der Waals surface area contributed by atoms with E-state index in [-0.39, 0.29) is 17.6 Å². The first-order valence-corrected chi connectivity index (χ1v) is 13.2. The number of hydrogen-bond donors (Lipinski definition) is 3. The van der Waals surface area contributed by atoms with Gasteiger partial charge in [0.2, 0.25) is 0 Å². The van der Waals surface area contributed by atoms with Gasteiger partial charge in [0.15, 0.2) is 0 Å². The Bertz CT molecular complexity index is 1180. The molecule has 3 aliphatic rings. The van der Waals surface area contributed by atoms with Gasteiger partial charge in [0.1, 0.15) is 5.76 Å². The van der Waals surface area contributed by atoms with E-state index < -0.39 is 24.3 Å². The van der Waals surface area contributed by atoms with E-state index in [2.05, 4.69) is 40.1 Å². The van der Waals surface area contributed by atoms with Crippen molar-refractivity contribution in [1.82, 2.24) is 9.80 Å². The average Bonchev–Trinajstić information content (AvgIpc) is 3.68. The number of benzene rings is 1. The molecular weight excluding hydrogens is 574 g/mol. The van der Waals surface area contributed by atoms with Crippen molar-refractivity contribution in [2.75, 3.05) is 32.7 Å². The van der Waals surface area contributed by atoms with Crippen molar-refractivity contribution >= 4 is 18.0 Å². The second kappa shape index (κ2) is 13.7. The van der Waals surface area contributed by atoms with Crippen LogP contribution in [0.3, 0.4) is 0 Å². The van der Waals surface area contributed by atoms with Crippen molar-refractivity contribution in [3.63, 3.8) is 0 Å². The Kier molecular flexibility index (Phi) is 10.8. The zero-order chi connectivity index (χ0) is 31.1. The largest absolute Gasteiger partial charge is 0.490 e. The lowest BCUT2D eigenvalue weighted by molar-refractivity contribution is -0.193. The van der Waals surface area contributed by atoms with E-state index in [0.717, 1.165) is 51.3 Å². The van der Waals surface area contributed by atoms with Crippen LogP contribution in [0.2, 0.25) is 0 Å². The van der Waals surface area contributed by atoms with Gasteiger partial charge in [-0.3, -0.25) is 9.80 Å². The lowest BCUT2D eigenvalue weighted by atomic mass is 9.72. The van der Waals surface area contributed by atoms with Crippen molar-refractivity contribution in [2.24, 2.45) is 0 Å². The molecular formula is C28H32F6N2O6. The number of carbonyl (C=O) groups is 2. The van der Waals surface area contributed by atoms with E-state index >= 15 is 0 Å². The van der Waals surface area contributed by atoms with Gasteiger partial charge in [-0.25, -0.2) is 9.59 Å². The number of rotatable bonds is 4. The standard InChI is InChI=1S/C24H30N2O2.2C2HF3O2/c27-23-22(26-14-3-4-15-26)20-9-1-2-10-21(20)24(23)11-16-25(17-12-24)13-5-7-19-8-6-18-28-19;2*3-2(4,5)1(6)7/h1-2,5-10,18,22-23,27H,3-4,11-17H2;2*(H,6,7)/t22-,23+;;/m1../s1. The smallest absolute Gasteiger partial charge is 0.475 e. The third-order valence-electron chi connectivity index (χ3n) is 7.64. The third-order valence-corrected chi connectivity index (χ3v) is 7.64. The number of hydrogen-bond acceptors (Lipinski definition) is 6. The Hall–Kier alpha value is -3.36. The summed E-state index contributed by atoms with van der Waals surface area (Å²) >= 11 is 0. The predicted octanol–water partition coefficient (Wildman–Crippen LogP) is 5.10. The highest BCUT2D eigenvalue weighted by Crippen LogP contribution is 2.53. The van der Waals surface area contributed by atoms with Crippen LogP contribution < -0.4 is 0 Å². The molecule has 5 rings (SSSR count). The summed E-state index contributed by atoms with van der Waals surface area (Å²) in [5.74, 6) is -4.61. The second-order valence-electron chi connectivity index (χ2n) is 10.2. The monoisotopic (exact) mass is 606 g/mol. The van der Waals surface area contributed by atoms with Crippen LogP contribution in [0.1, 0.15) is 48.6 Å². The van der Waals surface area contributed by atoms with Gasteiger partial charge in [-0.1, -0.05) is 30.3 Å².